The van der Waals surface area contributed by atoms with Crippen LogP contribution in [0.15, 0.2) is 18.5 Å². The van der Waals surface area contributed by atoms with E-state index in [2.05, 4.69) is 15.3 Å². The highest BCUT2D eigenvalue weighted by atomic mass is 35.5. The number of hydrogen-bond donors (Lipinski definition) is 1. The van der Waals surface area contributed by atoms with Gasteiger partial charge in [0.25, 0.3) is 0 Å². The number of ether oxygens (including phenoxy) is 1. The third kappa shape index (κ3) is 3.15. The smallest absolute Gasteiger partial charge is 0.130 e. The van der Waals surface area contributed by atoms with Crippen LogP contribution in [-0.4, -0.2) is 38.8 Å². The van der Waals surface area contributed by atoms with Crippen molar-refractivity contribution >= 4 is 11.6 Å². The number of hydrogen-bond acceptors (Lipinski definition) is 5. The Labute approximate surface area is 122 Å². The Kier molecular flexibility index (Phi) is 4.37. The quantitative estimate of drug-likeness (QED) is 0.906. The van der Waals surface area contributed by atoms with Crippen molar-refractivity contribution in [1.82, 2.24) is 20.0 Å². The van der Waals surface area contributed by atoms with Gasteiger partial charge in [-0.2, -0.15) is 0 Å². The Morgan fingerprint density at radius 1 is 1.50 bits per heavy atom. The van der Waals surface area contributed by atoms with E-state index in [1.165, 1.54) is 7.11 Å². The highest BCUT2D eigenvalue weighted by Crippen LogP contribution is 2.20. The summed E-state index contributed by atoms with van der Waals surface area (Å²) in [6, 6.07) is 1.75. The molecule has 108 valence electrons. The topological polar surface area (TPSA) is 73.1 Å². The van der Waals surface area contributed by atoms with Crippen molar-refractivity contribution < 1.29 is 9.84 Å². The maximum Gasteiger partial charge on any atom is 0.130 e. The zero-order chi connectivity index (χ0) is 14.8. The third-order valence-corrected chi connectivity index (χ3v) is 3.48. The van der Waals surface area contributed by atoms with Crippen LogP contribution in [0.2, 0.25) is 5.02 Å². The highest BCUT2D eigenvalue weighted by Gasteiger charge is 2.26. The maximum absolute atomic E-state index is 10.2. The van der Waals surface area contributed by atoms with Crippen LogP contribution in [0.5, 0.6) is 0 Å². The average Bonchev–Trinajstić information content (AvgIpc) is 2.84. The fraction of sp³-hybridized carbons (Fsp3) is 0.462. The molecule has 2 aromatic rings. The zero-order valence-electron chi connectivity index (χ0n) is 11.7. The van der Waals surface area contributed by atoms with Gasteiger partial charge in [0.2, 0.25) is 0 Å². The van der Waals surface area contributed by atoms with E-state index in [1.54, 1.807) is 30.1 Å². The van der Waals surface area contributed by atoms with Crippen molar-refractivity contribution in [1.29, 1.82) is 0 Å². The minimum atomic E-state index is -1.16. The van der Waals surface area contributed by atoms with Crippen molar-refractivity contribution in [2.45, 2.75) is 26.0 Å². The number of methoxy groups -OCH3 is 1. The molecule has 2 aromatic heterocycles. The Morgan fingerprint density at radius 3 is 2.95 bits per heavy atom. The summed E-state index contributed by atoms with van der Waals surface area (Å²) in [5.74, 6) is 0. The Hall–Kier alpha value is -1.50. The molecule has 1 N–H and O–H groups in total. The zero-order valence-corrected chi connectivity index (χ0v) is 12.4. The molecule has 20 heavy (non-hydrogen) atoms. The molecule has 0 fully saturated rings. The lowest BCUT2D eigenvalue weighted by molar-refractivity contribution is -0.0240. The van der Waals surface area contributed by atoms with Crippen molar-refractivity contribution in [3.63, 3.8) is 0 Å². The van der Waals surface area contributed by atoms with Crippen LogP contribution in [0.3, 0.4) is 0 Å². The molecule has 0 aliphatic heterocycles. The van der Waals surface area contributed by atoms with Crippen LogP contribution in [0.25, 0.3) is 0 Å². The van der Waals surface area contributed by atoms with Gasteiger partial charge in [0.15, 0.2) is 0 Å². The van der Waals surface area contributed by atoms with Gasteiger partial charge in [-0.15, -0.1) is 5.10 Å². The van der Waals surface area contributed by atoms with E-state index in [4.69, 9.17) is 16.3 Å². The van der Waals surface area contributed by atoms with Crippen molar-refractivity contribution in [3.8, 4) is 0 Å². The average molecular weight is 297 g/mol. The number of pyridine rings is 1. The van der Waals surface area contributed by atoms with Crippen LogP contribution >= 0.6 is 11.6 Å². The summed E-state index contributed by atoms with van der Waals surface area (Å²) in [6.45, 7) is 4.14. The second-order valence-corrected chi connectivity index (χ2v) is 5.28. The molecule has 0 bridgehead atoms. The molecule has 1 unspecified atom stereocenters. The lowest BCUT2D eigenvalue weighted by atomic mass is 10.1. The SMILES string of the molecule is COCC(C)(O)c1cn(Cc2nccc(Cl)c2C)nn1. The van der Waals surface area contributed by atoms with Crippen LogP contribution < -0.4 is 0 Å². The predicted molar refractivity (Wildman–Crippen MR) is 74.6 cm³/mol. The van der Waals surface area contributed by atoms with Crippen molar-refractivity contribution in [2.75, 3.05) is 13.7 Å². The Bertz CT molecular complexity index is 598. The maximum atomic E-state index is 10.2. The van der Waals surface area contributed by atoms with E-state index in [1.807, 2.05) is 6.92 Å². The first-order chi connectivity index (χ1) is 9.44. The number of rotatable bonds is 5. The molecule has 0 saturated carbocycles. The summed E-state index contributed by atoms with van der Waals surface area (Å²) in [5.41, 5.74) is 1.03. The van der Waals surface area contributed by atoms with Crippen LogP contribution in [0.1, 0.15) is 23.9 Å². The second-order valence-electron chi connectivity index (χ2n) is 4.87. The number of aliphatic hydroxyl groups is 1. The summed E-state index contributed by atoms with van der Waals surface area (Å²) in [6.07, 6.45) is 3.34. The molecule has 0 radical (unpaired) electrons. The van der Waals surface area contributed by atoms with Crippen molar-refractivity contribution in [3.05, 3.63) is 40.4 Å². The molecule has 0 aromatic carbocycles. The van der Waals surface area contributed by atoms with E-state index >= 15 is 0 Å². The largest absolute Gasteiger partial charge is 0.381 e. The number of halogens is 1. The molecule has 0 spiro atoms. The summed E-state index contributed by atoms with van der Waals surface area (Å²) < 4.78 is 6.58. The van der Waals surface area contributed by atoms with Crippen LogP contribution in [-0.2, 0) is 16.9 Å². The van der Waals surface area contributed by atoms with Gasteiger partial charge < -0.3 is 9.84 Å². The first-order valence-corrected chi connectivity index (χ1v) is 6.54. The lowest BCUT2D eigenvalue weighted by Crippen LogP contribution is -2.27. The minimum absolute atomic E-state index is 0.153. The normalized spacial score (nSPS) is 14.2. The lowest BCUT2D eigenvalue weighted by Gasteiger charge is -2.18. The molecule has 1 atom stereocenters. The molecule has 0 amide bonds. The summed E-state index contributed by atoms with van der Waals surface area (Å²) in [5, 5.41) is 18.8. The molecule has 2 heterocycles. The first-order valence-electron chi connectivity index (χ1n) is 6.16. The second kappa shape index (κ2) is 5.87. The molecule has 7 heteroatoms. The highest BCUT2D eigenvalue weighted by molar-refractivity contribution is 6.31. The fourth-order valence-corrected chi connectivity index (χ4v) is 2.01. The summed E-state index contributed by atoms with van der Waals surface area (Å²) >= 11 is 6.06. The van der Waals surface area contributed by atoms with Gasteiger partial charge >= 0.3 is 0 Å². The monoisotopic (exact) mass is 296 g/mol. The first kappa shape index (κ1) is 14.9. The Balaban J connectivity index is 2.20. The predicted octanol–water partition coefficient (Wildman–Crippen LogP) is 1.54. The van der Waals surface area contributed by atoms with E-state index < -0.39 is 5.60 Å². The third-order valence-electron chi connectivity index (χ3n) is 3.07. The number of nitrogens with zero attached hydrogens (tertiary/aromatic N) is 4. The van der Waals surface area contributed by atoms with Gasteiger partial charge in [0.1, 0.15) is 11.3 Å². The van der Waals surface area contributed by atoms with E-state index in [0.717, 1.165) is 11.3 Å². The van der Waals surface area contributed by atoms with Crippen LogP contribution in [0.4, 0.5) is 0 Å². The summed E-state index contributed by atoms with van der Waals surface area (Å²) in [4.78, 5) is 4.28. The molecule has 2 rings (SSSR count). The molecular weight excluding hydrogens is 280 g/mol. The van der Waals surface area contributed by atoms with Gasteiger partial charge in [0.05, 0.1) is 25.0 Å². The standard InChI is InChI=1S/C13H17ClN4O2/c1-9-10(14)4-5-15-11(9)6-18-7-12(16-17-18)13(2,19)8-20-3/h4-5,7,19H,6,8H2,1-3H3. The molecule has 0 saturated heterocycles. The van der Waals surface area contributed by atoms with Crippen LogP contribution in [0, 0.1) is 6.92 Å². The molecular formula is C13H17ClN4O2. The van der Waals surface area contributed by atoms with Gasteiger partial charge in [-0.05, 0) is 25.5 Å². The molecule has 0 aliphatic rings. The van der Waals surface area contributed by atoms with Gasteiger partial charge in [0, 0.05) is 18.3 Å². The molecule has 6 nitrogen and oxygen atoms in total. The Morgan fingerprint density at radius 2 is 2.25 bits per heavy atom. The van der Waals surface area contributed by atoms with Gasteiger partial charge in [-0.1, -0.05) is 16.8 Å². The fourth-order valence-electron chi connectivity index (χ4n) is 1.84. The van der Waals surface area contributed by atoms with Gasteiger partial charge in [-0.3, -0.25) is 4.98 Å². The van der Waals surface area contributed by atoms with E-state index in [0.29, 0.717) is 17.3 Å². The van der Waals surface area contributed by atoms with E-state index in [9.17, 15) is 5.11 Å². The minimum Gasteiger partial charge on any atom is -0.381 e. The van der Waals surface area contributed by atoms with Gasteiger partial charge in [-0.25, -0.2) is 4.68 Å². The van der Waals surface area contributed by atoms with Crippen molar-refractivity contribution in [2.24, 2.45) is 0 Å². The van der Waals surface area contributed by atoms with E-state index in [-0.39, 0.29) is 6.61 Å². The number of aromatic nitrogens is 4. The summed E-state index contributed by atoms with van der Waals surface area (Å²) in [7, 11) is 1.53. The molecule has 0 aliphatic carbocycles.